The summed E-state index contributed by atoms with van der Waals surface area (Å²) in [5.41, 5.74) is 0. The molecule has 2 rings (SSSR count). The van der Waals surface area contributed by atoms with Crippen LogP contribution in [0.15, 0.2) is 23.6 Å². The van der Waals surface area contributed by atoms with Crippen LogP contribution in [-0.2, 0) is 6.54 Å². The van der Waals surface area contributed by atoms with E-state index in [2.05, 4.69) is 4.98 Å². The quantitative estimate of drug-likeness (QED) is 0.416. The van der Waals surface area contributed by atoms with E-state index in [4.69, 9.17) is 58.0 Å². The van der Waals surface area contributed by atoms with E-state index in [-0.39, 0.29) is 25.1 Å². The lowest BCUT2D eigenvalue weighted by Crippen LogP contribution is -2.17. The first-order valence-corrected chi connectivity index (χ1v) is 8.57. The third kappa shape index (κ3) is 4.14. The molecule has 1 atom stereocenters. The Morgan fingerprint density at radius 1 is 1.05 bits per heavy atom. The monoisotopic (exact) mass is 404 g/mol. The Morgan fingerprint density at radius 2 is 1.62 bits per heavy atom. The summed E-state index contributed by atoms with van der Waals surface area (Å²) in [6, 6.07) is 0. The molecule has 0 aliphatic carbocycles. The molecule has 0 bridgehead atoms. The van der Waals surface area contributed by atoms with Crippen LogP contribution in [0.5, 0.6) is 0 Å². The van der Waals surface area contributed by atoms with Crippen molar-refractivity contribution in [3.05, 3.63) is 43.8 Å². The van der Waals surface area contributed by atoms with Gasteiger partial charge in [0.1, 0.15) is 0 Å². The molecule has 1 aromatic carbocycles. The molecule has 2 aromatic rings. The normalized spacial score (nSPS) is 12.7. The predicted octanol–water partition coefficient (Wildman–Crippen LogP) is 5.30. The van der Waals surface area contributed by atoms with Gasteiger partial charge >= 0.3 is 0 Å². The maximum atomic E-state index is 10.0. The SMILES string of the molecule is OC(CSc1c(Cl)c(Cl)c(Cl)c(Cl)c1Cl)Cn1ccnc1. The van der Waals surface area contributed by atoms with E-state index < -0.39 is 6.10 Å². The molecule has 0 spiro atoms. The molecule has 0 radical (unpaired) electrons. The number of imidazole rings is 1. The van der Waals surface area contributed by atoms with Crippen molar-refractivity contribution in [2.45, 2.75) is 17.5 Å². The second-order valence-electron chi connectivity index (χ2n) is 4.12. The van der Waals surface area contributed by atoms with Gasteiger partial charge in [0.15, 0.2) is 0 Å². The van der Waals surface area contributed by atoms with Crippen LogP contribution >= 0.6 is 69.8 Å². The number of hydrogen-bond donors (Lipinski definition) is 1. The average Bonchev–Trinajstić information content (AvgIpc) is 2.96. The summed E-state index contributed by atoms with van der Waals surface area (Å²) < 4.78 is 1.77. The minimum absolute atomic E-state index is 0.122. The Bertz CT molecular complexity index is 606. The minimum Gasteiger partial charge on any atom is -0.390 e. The third-order valence-corrected chi connectivity index (χ3v) is 6.32. The van der Waals surface area contributed by atoms with Gasteiger partial charge in [-0.05, 0) is 0 Å². The molecule has 0 aliphatic heterocycles. The molecule has 1 heterocycles. The number of aliphatic hydroxyl groups excluding tert-OH is 1. The summed E-state index contributed by atoms with van der Waals surface area (Å²) in [5.74, 6) is 0.367. The topological polar surface area (TPSA) is 38.0 Å². The Balaban J connectivity index is 2.10. The molecule has 9 heteroatoms. The highest BCUT2D eigenvalue weighted by atomic mass is 35.5. The molecule has 3 nitrogen and oxygen atoms in total. The molecule has 0 aliphatic rings. The van der Waals surface area contributed by atoms with Crippen LogP contribution in [0, 0.1) is 0 Å². The van der Waals surface area contributed by atoms with Gasteiger partial charge in [-0.25, -0.2) is 4.98 Å². The molecular formula is C12H9Cl5N2OS. The van der Waals surface area contributed by atoms with Gasteiger partial charge in [0.25, 0.3) is 0 Å². The van der Waals surface area contributed by atoms with Gasteiger partial charge in [-0.3, -0.25) is 0 Å². The second-order valence-corrected chi connectivity index (χ2v) is 7.04. The van der Waals surface area contributed by atoms with E-state index in [0.717, 1.165) is 0 Å². The number of rotatable bonds is 5. The zero-order chi connectivity index (χ0) is 15.6. The number of aliphatic hydroxyl groups is 1. The number of halogens is 5. The van der Waals surface area contributed by atoms with E-state index in [9.17, 15) is 5.11 Å². The van der Waals surface area contributed by atoms with Crippen molar-refractivity contribution in [1.29, 1.82) is 0 Å². The highest BCUT2D eigenvalue weighted by Crippen LogP contribution is 2.47. The summed E-state index contributed by atoms with van der Waals surface area (Å²) in [4.78, 5) is 4.41. The molecule has 0 fully saturated rings. The maximum Gasteiger partial charge on any atom is 0.0946 e. The first kappa shape index (κ1) is 17.5. The highest BCUT2D eigenvalue weighted by Gasteiger charge is 2.20. The minimum atomic E-state index is -0.607. The van der Waals surface area contributed by atoms with E-state index in [1.54, 1.807) is 23.3 Å². The zero-order valence-corrected chi connectivity index (χ0v) is 15.0. The van der Waals surface area contributed by atoms with Gasteiger partial charge in [0.05, 0.1) is 44.1 Å². The van der Waals surface area contributed by atoms with Gasteiger partial charge in [0, 0.05) is 23.0 Å². The van der Waals surface area contributed by atoms with Crippen LogP contribution < -0.4 is 0 Å². The zero-order valence-electron chi connectivity index (χ0n) is 10.4. The van der Waals surface area contributed by atoms with Gasteiger partial charge < -0.3 is 9.67 Å². The summed E-state index contributed by atoms with van der Waals surface area (Å²) in [7, 11) is 0. The molecule has 1 aromatic heterocycles. The van der Waals surface area contributed by atoms with Crippen LogP contribution in [0.2, 0.25) is 25.1 Å². The first-order chi connectivity index (χ1) is 9.91. The van der Waals surface area contributed by atoms with Crippen LogP contribution in [0.1, 0.15) is 0 Å². The Kier molecular flexibility index (Phi) is 6.38. The van der Waals surface area contributed by atoms with Crippen molar-refractivity contribution in [2.75, 3.05) is 5.75 Å². The highest BCUT2D eigenvalue weighted by molar-refractivity contribution is 7.99. The van der Waals surface area contributed by atoms with Crippen molar-refractivity contribution in [1.82, 2.24) is 9.55 Å². The summed E-state index contributed by atoms with van der Waals surface area (Å²) >= 11 is 31.4. The standard InChI is InChI=1S/C12H9Cl5N2OS/c13-7-8(14)10(16)12(11(17)9(7)15)21-4-6(20)3-19-2-1-18-5-19/h1-2,5-6,20H,3-4H2. The average molecular weight is 407 g/mol. The second kappa shape index (κ2) is 7.64. The number of benzene rings is 1. The van der Waals surface area contributed by atoms with E-state index >= 15 is 0 Å². The molecule has 0 amide bonds. The predicted molar refractivity (Wildman–Crippen MR) is 90.4 cm³/mol. The van der Waals surface area contributed by atoms with Gasteiger partial charge in [-0.1, -0.05) is 58.0 Å². The fourth-order valence-electron chi connectivity index (χ4n) is 1.58. The molecule has 1 unspecified atom stereocenters. The summed E-state index contributed by atoms with van der Waals surface area (Å²) in [6.07, 6.45) is 4.43. The molecule has 1 N–H and O–H groups in total. The molecule has 0 saturated heterocycles. The number of nitrogens with zero attached hydrogens (tertiary/aromatic N) is 2. The Labute approximate surface area is 151 Å². The first-order valence-electron chi connectivity index (χ1n) is 5.69. The van der Waals surface area contributed by atoms with Gasteiger partial charge in [0.2, 0.25) is 0 Å². The van der Waals surface area contributed by atoms with Crippen LogP contribution in [-0.4, -0.2) is 26.5 Å². The lowest BCUT2D eigenvalue weighted by molar-refractivity contribution is 0.178. The van der Waals surface area contributed by atoms with Gasteiger partial charge in [-0.15, -0.1) is 11.8 Å². The maximum absolute atomic E-state index is 10.0. The van der Waals surface area contributed by atoms with Gasteiger partial charge in [-0.2, -0.15) is 0 Å². The van der Waals surface area contributed by atoms with Crippen molar-refractivity contribution >= 4 is 69.8 Å². The lowest BCUT2D eigenvalue weighted by atomic mass is 10.3. The molecule has 114 valence electrons. The van der Waals surface area contributed by atoms with Crippen LogP contribution in [0.4, 0.5) is 0 Å². The molecule has 0 saturated carbocycles. The Hall–Kier alpha value is 0.190. The number of thioether (sulfide) groups is 1. The van der Waals surface area contributed by atoms with Crippen molar-refractivity contribution in [3.63, 3.8) is 0 Å². The molecular weight excluding hydrogens is 397 g/mol. The smallest absolute Gasteiger partial charge is 0.0946 e. The molecule has 21 heavy (non-hydrogen) atoms. The largest absolute Gasteiger partial charge is 0.390 e. The van der Waals surface area contributed by atoms with E-state index in [1.165, 1.54) is 11.8 Å². The summed E-state index contributed by atoms with van der Waals surface area (Å²) in [5, 5.41) is 10.9. The summed E-state index contributed by atoms with van der Waals surface area (Å²) in [6.45, 7) is 0.414. The number of aromatic nitrogens is 2. The third-order valence-electron chi connectivity index (χ3n) is 2.57. The Morgan fingerprint density at radius 3 is 2.14 bits per heavy atom. The van der Waals surface area contributed by atoms with E-state index in [1.807, 2.05) is 0 Å². The number of hydrogen-bond acceptors (Lipinski definition) is 3. The lowest BCUT2D eigenvalue weighted by Gasteiger charge is -2.14. The van der Waals surface area contributed by atoms with Crippen LogP contribution in [0.25, 0.3) is 0 Å². The van der Waals surface area contributed by atoms with E-state index in [0.29, 0.717) is 17.2 Å². The van der Waals surface area contributed by atoms with Crippen molar-refractivity contribution < 1.29 is 5.11 Å². The fraction of sp³-hybridized carbons (Fsp3) is 0.250. The van der Waals surface area contributed by atoms with Crippen molar-refractivity contribution in [3.8, 4) is 0 Å². The fourth-order valence-corrected chi connectivity index (χ4v) is 4.08. The van der Waals surface area contributed by atoms with Crippen LogP contribution in [0.3, 0.4) is 0 Å². The van der Waals surface area contributed by atoms with Crippen molar-refractivity contribution in [2.24, 2.45) is 0 Å².